The molecule has 0 spiro atoms. The summed E-state index contributed by atoms with van der Waals surface area (Å²) >= 11 is 1.46. The molecule has 1 atom stereocenters. The monoisotopic (exact) mass is 505 g/mol. The van der Waals surface area contributed by atoms with Crippen molar-refractivity contribution in [1.29, 1.82) is 0 Å². The number of hydrogen-bond donors (Lipinski definition) is 2. The second-order valence-electron chi connectivity index (χ2n) is 8.69. The number of imide groups is 1. The predicted molar refractivity (Wildman–Crippen MR) is 139 cm³/mol. The number of para-hydroxylation sites is 1. The Morgan fingerprint density at radius 1 is 1.08 bits per heavy atom. The number of aromatic nitrogens is 1. The van der Waals surface area contributed by atoms with Crippen LogP contribution in [0.4, 0.5) is 5.69 Å². The van der Waals surface area contributed by atoms with Crippen molar-refractivity contribution in [2.75, 3.05) is 25.4 Å². The normalized spacial score (nSPS) is 18.2. The Morgan fingerprint density at radius 2 is 1.83 bits per heavy atom. The van der Waals surface area contributed by atoms with Crippen molar-refractivity contribution in [3.8, 4) is 5.88 Å². The lowest BCUT2D eigenvalue weighted by Gasteiger charge is -2.13. The zero-order valence-corrected chi connectivity index (χ0v) is 20.5. The Hall–Kier alpha value is -3.50. The van der Waals surface area contributed by atoms with Gasteiger partial charge in [-0.1, -0.05) is 42.1 Å². The largest absolute Gasteiger partial charge is 0.493 e. The molecule has 2 amide bonds. The molecule has 9 nitrogen and oxygen atoms in total. The molecular weight excluding hydrogens is 478 g/mol. The van der Waals surface area contributed by atoms with Gasteiger partial charge in [-0.2, -0.15) is 0 Å². The molecule has 2 N–H and O–H groups in total. The number of aliphatic imine (C=N–C) groups is 1. The number of carbonyl (C=O) groups excluding carboxylic acids is 2. The molecule has 2 aliphatic heterocycles. The van der Waals surface area contributed by atoms with E-state index in [1.807, 2.05) is 24.3 Å². The second kappa shape index (κ2) is 11.0. The minimum Gasteiger partial charge on any atom is -0.493 e. The van der Waals surface area contributed by atoms with Gasteiger partial charge in [-0.25, -0.2) is 0 Å². The average Bonchev–Trinajstić information content (AvgIpc) is 3.59. The Kier molecular flexibility index (Phi) is 7.43. The third kappa shape index (κ3) is 5.19. The Bertz CT molecular complexity index is 1290. The van der Waals surface area contributed by atoms with E-state index in [0.717, 1.165) is 36.8 Å². The fourth-order valence-corrected chi connectivity index (χ4v) is 5.15. The molecule has 0 bridgehead atoms. The van der Waals surface area contributed by atoms with Gasteiger partial charge in [-0.3, -0.25) is 19.5 Å². The standard InChI is InChI=1S/C26H27N5O4S/c32-23-22(20-11-3-4-12-21(20)28-23)29-30-26(27-16-17-8-7-14-35-17)36-15-6-5-13-31-24(33)18-9-1-2-10-19(18)25(31)34/h1-4,9-12,17,28,32H,5-8,13-16H2/t17-/m1/s1. The van der Waals surface area contributed by atoms with Crippen molar-refractivity contribution >= 4 is 45.3 Å². The third-order valence-electron chi connectivity index (χ3n) is 6.23. The Balaban J connectivity index is 1.19. The molecule has 5 rings (SSSR count). The van der Waals surface area contributed by atoms with Crippen LogP contribution in [0.1, 0.15) is 46.4 Å². The van der Waals surface area contributed by atoms with Crippen LogP contribution < -0.4 is 0 Å². The summed E-state index contributed by atoms with van der Waals surface area (Å²) in [5, 5.41) is 20.2. The molecule has 3 aromatic rings. The fraction of sp³-hybridized carbons (Fsp3) is 0.346. The SMILES string of the molecule is O=C1c2ccccc2C(=O)N1CCCCSC(N=Nc1c(O)[nH]c2ccccc12)=NC[C@H]1CCCO1. The molecule has 1 saturated heterocycles. The number of nitrogens with zero attached hydrogens (tertiary/aromatic N) is 4. The minimum atomic E-state index is -0.227. The van der Waals surface area contributed by atoms with E-state index in [0.29, 0.717) is 47.2 Å². The summed E-state index contributed by atoms with van der Waals surface area (Å²) < 4.78 is 5.67. The number of fused-ring (bicyclic) bond motifs is 2. The number of amidine groups is 1. The number of unbranched alkanes of at least 4 members (excludes halogenated alkanes) is 1. The predicted octanol–water partition coefficient (Wildman–Crippen LogP) is 5.30. The number of hydrogen-bond acceptors (Lipinski definition) is 7. The van der Waals surface area contributed by atoms with Gasteiger partial charge in [0, 0.05) is 24.3 Å². The first-order valence-electron chi connectivity index (χ1n) is 12.1. The summed E-state index contributed by atoms with van der Waals surface area (Å²) in [6, 6.07) is 14.4. The average molecular weight is 506 g/mol. The summed E-state index contributed by atoms with van der Waals surface area (Å²) in [5.74, 6) is 0.208. The van der Waals surface area contributed by atoms with E-state index in [-0.39, 0.29) is 23.8 Å². The second-order valence-corrected chi connectivity index (χ2v) is 9.75. The highest BCUT2D eigenvalue weighted by molar-refractivity contribution is 8.13. The first-order valence-corrected chi connectivity index (χ1v) is 13.1. The highest BCUT2D eigenvalue weighted by atomic mass is 32.2. The van der Waals surface area contributed by atoms with Gasteiger partial charge in [0.1, 0.15) is 0 Å². The number of amides is 2. The first kappa shape index (κ1) is 24.2. The van der Waals surface area contributed by atoms with Gasteiger partial charge in [0.25, 0.3) is 11.8 Å². The van der Waals surface area contributed by atoms with Gasteiger partial charge in [0.15, 0.2) is 5.69 Å². The molecule has 2 aromatic carbocycles. The number of H-pyrrole nitrogens is 1. The first-order chi connectivity index (χ1) is 17.6. The third-order valence-corrected chi connectivity index (χ3v) is 7.20. The van der Waals surface area contributed by atoms with Crippen molar-refractivity contribution in [1.82, 2.24) is 9.88 Å². The number of nitrogens with one attached hydrogen (secondary N) is 1. The van der Waals surface area contributed by atoms with Gasteiger partial charge in [0.05, 0.1) is 29.3 Å². The molecule has 0 aliphatic carbocycles. The summed E-state index contributed by atoms with van der Waals surface area (Å²) in [4.78, 5) is 33.9. The molecule has 186 valence electrons. The van der Waals surface area contributed by atoms with E-state index in [1.54, 1.807) is 24.3 Å². The molecule has 10 heteroatoms. The molecule has 3 heterocycles. The van der Waals surface area contributed by atoms with E-state index in [9.17, 15) is 14.7 Å². The van der Waals surface area contributed by atoms with E-state index < -0.39 is 0 Å². The van der Waals surface area contributed by atoms with Crippen LogP contribution in [0.2, 0.25) is 0 Å². The number of azo groups is 1. The number of rotatable bonds is 8. The van der Waals surface area contributed by atoms with Gasteiger partial charge >= 0.3 is 0 Å². The maximum atomic E-state index is 12.5. The Labute approximate surface area is 212 Å². The molecule has 1 fully saturated rings. The minimum absolute atomic E-state index is 0.0376. The zero-order valence-electron chi connectivity index (χ0n) is 19.7. The molecule has 1 aromatic heterocycles. The van der Waals surface area contributed by atoms with Crippen LogP contribution in [0.25, 0.3) is 10.9 Å². The zero-order chi connectivity index (χ0) is 24.9. The smallest absolute Gasteiger partial charge is 0.261 e. The summed E-state index contributed by atoms with van der Waals surface area (Å²) in [6.07, 6.45) is 3.54. The number of thioether (sulfide) groups is 1. The van der Waals surface area contributed by atoms with Crippen LogP contribution in [-0.2, 0) is 4.74 Å². The van der Waals surface area contributed by atoms with Crippen molar-refractivity contribution < 1.29 is 19.4 Å². The maximum absolute atomic E-state index is 12.5. The number of carbonyl (C=O) groups is 2. The van der Waals surface area contributed by atoms with Crippen LogP contribution in [0.5, 0.6) is 5.88 Å². The molecule has 0 saturated carbocycles. The topological polar surface area (TPSA) is 120 Å². The van der Waals surface area contributed by atoms with E-state index in [1.165, 1.54) is 16.7 Å². The van der Waals surface area contributed by atoms with Crippen LogP contribution >= 0.6 is 11.8 Å². The van der Waals surface area contributed by atoms with E-state index in [4.69, 9.17) is 4.74 Å². The number of benzene rings is 2. The lowest BCUT2D eigenvalue weighted by atomic mass is 10.1. The summed E-state index contributed by atoms with van der Waals surface area (Å²) in [7, 11) is 0. The van der Waals surface area contributed by atoms with Crippen LogP contribution in [0.3, 0.4) is 0 Å². The van der Waals surface area contributed by atoms with E-state index >= 15 is 0 Å². The Morgan fingerprint density at radius 3 is 2.58 bits per heavy atom. The van der Waals surface area contributed by atoms with Crippen molar-refractivity contribution in [3.63, 3.8) is 0 Å². The number of aromatic hydroxyl groups is 1. The number of ether oxygens (including phenoxy) is 1. The molecule has 36 heavy (non-hydrogen) atoms. The van der Waals surface area contributed by atoms with Gasteiger partial charge in [-0.05, 0) is 43.9 Å². The van der Waals surface area contributed by atoms with Crippen LogP contribution in [0, 0.1) is 0 Å². The molecule has 0 radical (unpaired) electrons. The highest BCUT2D eigenvalue weighted by Gasteiger charge is 2.34. The van der Waals surface area contributed by atoms with Crippen LogP contribution in [-0.4, -0.2) is 63.5 Å². The van der Waals surface area contributed by atoms with Gasteiger partial charge in [-0.15, -0.1) is 10.2 Å². The summed E-state index contributed by atoms with van der Waals surface area (Å²) in [5.41, 5.74) is 2.10. The lowest BCUT2D eigenvalue weighted by Crippen LogP contribution is -2.30. The quantitative estimate of drug-likeness (QED) is 0.141. The van der Waals surface area contributed by atoms with Crippen molar-refractivity contribution in [2.45, 2.75) is 31.8 Å². The van der Waals surface area contributed by atoms with Gasteiger partial charge < -0.3 is 14.8 Å². The van der Waals surface area contributed by atoms with E-state index in [2.05, 4.69) is 20.2 Å². The highest BCUT2D eigenvalue weighted by Crippen LogP contribution is 2.35. The molecule has 2 aliphatic rings. The lowest BCUT2D eigenvalue weighted by molar-refractivity contribution is 0.0652. The molecule has 0 unspecified atom stereocenters. The molecular formula is C26H27N5O4S. The van der Waals surface area contributed by atoms with Crippen LogP contribution in [0.15, 0.2) is 63.8 Å². The van der Waals surface area contributed by atoms with Crippen molar-refractivity contribution in [3.05, 3.63) is 59.7 Å². The number of aromatic amines is 1. The fourth-order valence-electron chi connectivity index (χ4n) is 4.36. The van der Waals surface area contributed by atoms with Crippen molar-refractivity contribution in [2.24, 2.45) is 15.2 Å². The summed E-state index contributed by atoms with van der Waals surface area (Å²) in [6.45, 7) is 1.64. The van der Waals surface area contributed by atoms with Gasteiger partial charge in [0.2, 0.25) is 11.0 Å². The maximum Gasteiger partial charge on any atom is 0.261 e.